The summed E-state index contributed by atoms with van der Waals surface area (Å²) in [5, 5.41) is 16.7. The van der Waals surface area contributed by atoms with E-state index < -0.39 is 0 Å². The van der Waals surface area contributed by atoms with Crippen LogP contribution in [0.3, 0.4) is 0 Å². The largest absolute Gasteiger partial charge is 0.506 e. The van der Waals surface area contributed by atoms with Gasteiger partial charge in [-0.25, -0.2) is 4.98 Å². The van der Waals surface area contributed by atoms with Gasteiger partial charge < -0.3 is 25.6 Å². The maximum absolute atomic E-state index is 12.3. The molecule has 1 saturated heterocycles. The summed E-state index contributed by atoms with van der Waals surface area (Å²) < 4.78 is 0. The van der Waals surface area contributed by atoms with E-state index in [1.165, 1.54) is 18.3 Å². The minimum atomic E-state index is -0.284. The molecule has 1 aromatic carbocycles. The van der Waals surface area contributed by atoms with E-state index in [4.69, 9.17) is 11.6 Å². The molecule has 0 unspecified atom stereocenters. The lowest BCUT2D eigenvalue weighted by molar-refractivity contribution is -0.130. The molecule has 30 heavy (non-hydrogen) atoms. The number of likely N-dealkylation sites (tertiary alicyclic amines) is 1. The first-order valence-corrected chi connectivity index (χ1v) is 9.99. The summed E-state index contributed by atoms with van der Waals surface area (Å²) in [5.41, 5.74) is 1.60. The number of carbonyl (C=O) groups excluding carboxylic acids is 2. The average Bonchev–Trinajstić information content (AvgIpc) is 3.11. The lowest BCUT2D eigenvalue weighted by Crippen LogP contribution is -2.60. The molecule has 1 aliphatic rings. The highest BCUT2D eigenvalue weighted by Gasteiger charge is 2.30. The van der Waals surface area contributed by atoms with Crippen molar-refractivity contribution in [2.75, 3.05) is 18.4 Å². The van der Waals surface area contributed by atoms with Gasteiger partial charge in [-0.05, 0) is 23.1 Å². The van der Waals surface area contributed by atoms with Crippen LogP contribution in [0.2, 0.25) is 5.02 Å². The number of amides is 2. The SMILES string of the molecule is C=CC(=O)N1CC(NC(=O)c2cnc(CNc3cc(C(C)(C)C)c(Cl)cc3O)[nH]2)C1. The molecular weight excluding hydrogens is 406 g/mol. The zero-order valence-corrected chi connectivity index (χ0v) is 18.0. The van der Waals surface area contributed by atoms with Crippen molar-refractivity contribution in [1.29, 1.82) is 0 Å². The Bertz CT molecular complexity index is 974. The van der Waals surface area contributed by atoms with E-state index in [2.05, 4.69) is 27.2 Å². The lowest BCUT2D eigenvalue weighted by Gasteiger charge is -2.38. The third-order valence-corrected chi connectivity index (χ3v) is 5.23. The molecule has 0 saturated carbocycles. The van der Waals surface area contributed by atoms with Crippen LogP contribution in [0.15, 0.2) is 31.0 Å². The monoisotopic (exact) mass is 431 g/mol. The van der Waals surface area contributed by atoms with Gasteiger partial charge in [0.15, 0.2) is 0 Å². The van der Waals surface area contributed by atoms with Crippen molar-refractivity contribution < 1.29 is 14.7 Å². The Balaban J connectivity index is 1.58. The first-order chi connectivity index (χ1) is 14.1. The summed E-state index contributed by atoms with van der Waals surface area (Å²) in [7, 11) is 0. The van der Waals surface area contributed by atoms with Gasteiger partial charge in [-0.3, -0.25) is 9.59 Å². The number of imidazole rings is 1. The van der Waals surface area contributed by atoms with Crippen LogP contribution in [0, 0.1) is 0 Å². The Morgan fingerprint density at radius 1 is 1.40 bits per heavy atom. The average molecular weight is 432 g/mol. The molecule has 0 aliphatic carbocycles. The van der Waals surface area contributed by atoms with Crippen LogP contribution in [-0.2, 0) is 16.8 Å². The molecule has 1 aliphatic heterocycles. The summed E-state index contributed by atoms with van der Waals surface area (Å²) in [4.78, 5) is 32.6. The van der Waals surface area contributed by atoms with Crippen LogP contribution in [0.5, 0.6) is 5.75 Å². The number of aromatic amines is 1. The minimum Gasteiger partial charge on any atom is -0.506 e. The first kappa shape index (κ1) is 21.7. The van der Waals surface area contributed by atoms with Crippen molar-refractivity contribution >= 4 is 29.1 Å². The summed E-state index contributed by atoms with van der Waals surface area (Å²) in [6.45, 7) is 10.8. The minimum absolute atomic E-state index is 0.0427. The van der Waals surface area contributed by atoms with Crippen molar-refractivity contribution in [2.45, 2.75) is 38.8 Å². The summed E-state index contributed by atoms with van der Waals surface area (Å²) in [6, 6.07) is 3.25. The van der Waals surface area contributed by atoms with E-state index in [0.29, 0.717) is 35.3 Å². The fourth-order valence-corrected chi connectivity index (χ4v) is 3.61. The number of carbonyl (C=O) groups is 2. The van der Waals surface area contributed by atoms with Gasteiger partial charge in [-0.15, -0.1) is 0 Å². The predicted octanol–water partition coefficient (Wildman–Crippen LogP) is 2.80. The molecule has 8 nitrogen and oxygen atoms in total. The number of aromatic hydroxyl groups is 1. The van der Waals surface area contributed by atoms with Crippen molar-refractivity contribution in [3.8, 4) is 5.75 Å². The fraction of sp³-hybridized carbons (Fsp3) is 0.381. The number of rotatable bonds is 6. The second-order valence-electron chi connectivity index (χ2n) is 8.31. The standard InChI is InChI=1S/C21H26ClN5O3/c1-5-19(29)27-10-12(11-27)25-20(30)16-8-24-18(26-16)9-23-15-6-13(21(2,3)4)14(22)7-17(15)28/h5-8,12,23,28H,1,9-11H2,2-4H3,(H,24,26)(H,25,30). The number of phenolic OH excluding ortho intramolecular Hbond substituents is 1. The van der Waals surface area contributed by atoms with Crippen LogP contribution in [-0.4, -0.2) is 50.9 Å². The molecule has 0 spiro atoms. The molecule has 1 fully saturated rings. The molecule has 0 atom stereocenters. The fourth-order valence-electron chi connectivity index (χ4n) is 3.17. The Morgan fingerprint density at radius 3 is 2.73 bits per heavy atom. The van der Waals surface area contributed by atoms with E-state index in [0.717, 1.165) is 5.56 Å². The van der Waals surface area contributed by atoms with Crippen LogP contribution in [0.25, 0.3) is 0 Å². The van der Waals surface area contributed by atoms with E-state index >= 15 is 0 Å². The molecule has 1 aromatic heterocycles. The van der Waals surface area contributed by atoms with Gasteiger partial charge in [-0.1, -0.05) is 39.0 Å². The molecule has 160 valence electrons. The molecular formula is C21H26ClN5O3. The van der Waals surface area contributed by atoms with E-state index in [1.807, 2.05) is 26.8 Å². The van der Waals surface area contributed by atoms with Crippen LogP contribution in [0.4, 0.5) is 5.69 Å². The van der Waals surface area contributed by atoms with Crippen molar-refractivity contribution in [3.05, 3.63) is 53.1 Å². The first-order valence-electron chi connectivity index (χ1n) is 9.61. The highest BCUT2D eigenvalue weighted by atomic mass is 35.5. The molecule has 9 heteroatoms. The number of aromatic nitrogens is 2. The van der Waals surface area contributed by atoms with E-state index in [1.54, 1.807) is 4.90 Å². The highest BCUT2D eigenvalue weighted by molar-refractivity contribution is 6.31. The normalized spacial score (nSPS) is 14.2. The van der Waals surface area contributed by atoms with E-state index in [9.17, 15) is 14.7 Å². The number of benzene rings is 1. The van der Waals surface area contributed by atoms with Gasteiger partial charge in [0.25, 0.3) is 5.91 Å². The summed E-state index contributed by atoms with van der Waals surface area (Å²) >= 11 is 6.26. The smallest absolute Gasteiger partial charge is 0.269 e. The number of hydrogen-bond acceptors (Lipinski definition) is 5. The van der Waals surface area contributed by atoms with Crippen molar-refractivity contribution in [1.82, 2.24) is 20.2 Å². The zero-order chi connectivity index (χ0) is 22.1. The maximum atomic E-state index is 12.3. The highest BCUT2D eigenvalue weighted by Crippen LogP contribution is 2.37. The topological polar surface area (TPSA) is 110 Å². The van der Waals surface area contributed by atoms with E-state index in [-0.39, 0.29) is 35.6 Å². The number of nitrogens with one attached hydrogen (secondary N) is 3. The Hall–Kier alpha value is -3.00. The number of H-pyrrole nitrogens is 1. The number of nitrogens with zero attached hydrogens (tertiary/aromatic N) is 2. The molecule has 2 heterocycles. The van der Waals surface area contributed by atoms with Gasteiger partial charge in [0.05, 0.1) is 24.5 Å². The Morgan fingerprint density at radius 2 is 2.10 bits per heavy atom. The molecule has 4 N–H and O–H groups in total. The lowest BCUT2D eigenvalue weighted by atomic mass is 9.86. The second-order valence-corrected chi connectivity index (χ2v) is 8.72. The van der Waals surface area contributed by atoms with Gasteiger partial charge in [0.2, 0.25) is 5.91 Å². The zero-order valence-electron chi connectivity index (χ0n) is 17.3. The predicted molar refractivity (Wildman–Crippen MR) is 116 cm³/mol. The second kappa shape index (κ2) is 8.39. The number of anilines is 1. The molecule has 2 aromatic rings. The summed E-state index contributed by atoms with van der Waals surface area (Å²) in [6.07, 6.45) is 2.72. The number of phenols is 1. The third-order valence-electron chi connectivity index (χ3n) is 4.92. The Kier molecular flexibility index (Phi) is 6.07. The van der Waals surface area contributed by atoms with Crippen LogP contribution >= 0.6 is 11.6 Å². The van der Waals surface area contributed by atoms with Gasteiger partial charge in [0.1, 0.15) is 17.3 Å². The molecule has 2 amide bonds. The molecule has 0 radical (unpaired) electrons. The van der Waals surface area contributed by atoms with Crippen LogP contribution < -0.4 is 10.6 Å². The van der Waals surface area contributed by atoms with Gasteiger partial charge in [-0.2, -0.15) is 0 Å². The van der Waals surface area contributed by atoms with Crippen LogP contribution in [0.1, 0.15) is 42.6 Å². The molecule has 3 rings (SSSR count). The van der Waals surface area contributed by atoms with Gasteiger partial charge in [0, 0.05) is 24.2 Å². The van der Waals surface area contributed by atoms with Gasteiger partial charge >= 0.3 is 0 Å². The van der Waals surface area contributed by atoms with Crippen molar-refractivity contribution in [2.24, 2.45) is 0 Å². The third kappa shape index (κ3) is 4.76. The number of halogens is 1. The Labute approximate surface area is 180 Å². The number of hydrogen-bond donors (Lipinski definition) is 4. The maximum Gasteiger partial charge on any atom is 0.269 e. The molecule has 0 bridgehead atoms. The quantitative estimate of drug-likeness (QED) is 0.415. The summed E-state index contributed by atoms with van der Waals surface area (Å²) in [5.74, 6) is 0.161. The van der Waals surface area contributed by atoms with Crippen molar-refractivity contribution in [3.63, 3.8) is 0 Å².